The standard InChI is InChI=1S/C62H106N16O11/c1-10-38(8)31-49(76-55(83)45(22-17-27-69-62(67)68)71-54(82)43(20-13-15-25-63)72-58(86)48(30-37(6)7)75-57(85)47(29-36(4)5)70-51(80)34-65)59(87)73-44(21-14-16-26-64)56(84)78-52(39(9)79)61(89)77-50(60(88)74-46(53(66)81)28-35(2)3)33-40-23-24-41-18-11-12-19-42(41)32-40/h11-12,18-19,23-24,32,35-39,43-50,52,79H,10,13-17,20-22,25-31,33-34,63-65H2,1-9H3,(H2,66,81)(H,70,80)(H,71,82)(H,72,86)(H,73,87)(H,74,88)(H,75,85)(H,76,83)(H,77,89)(H,78,84)(H4,67,68,69)/t38-,39+,43-,44-,45-,46-,47-,48-,49-,50-,52-/m0/s1. The molecule has 0 aliphatic carbocycles. The Morgan fingerprint density at radius 3 is 1.31 bits per heavy atom. The highest BCUT2D eigenvalue weighted by molar-refractivity contribution is 5.99. The van der Waals surface area contributed by atoms with E-state index in [1.165, 1.54) is 6.92 Å². The first-order chi connectivity index (χ1) is 42.0. The van der Waals surface area contributed by atoms with Crippen molar-refractivity contribution in [2.24, 2.45) is 63.1 Å². The molecule has 0 radical (unpaired) electrons. The van der Waals surface area contributed by atoms with Crippen LogP contribution in [0.2, 0.25) is 0 Å². The lowest BCUT2D eigenvalue weighted by atomic mass is 9.97. The molecule has 0 aliphatic rings. The predicted molar refractivity (Wildman–Crippen MR) is 343 cm³/mol. The first-order valence-corrected chi connectivity index (χ1v) is 31.4. The molecule has 0 saturated heterocycles. The summed E-state index contributed by atoms with van der Waals surface area (Å²) in [6.07, 6.45) is 1.38. The van der Waals surface area contributed by atoms with Crippen molar-refractivity contribution in [1.82, 2.24) is 47.9 Å². The number of nitrogens with zero attached hydrogens (tertiary/aromatic N) is 1. The van der Waals surface area contributed by atoms with Gasteiger partial charge in [0.15, 0.2) is 5.96 Å². The number of aliphatic hydroxyl groups excluding tert-OH is 1. The van der Waals surface area contributed by atoms with Crippen LogP contribution in [0.15, 0.2) is 47.5 Å². The Labute approximate surface area is 524 Å². The molecule has 89 heavy (non-hydrogen) atoms. The molecule has 10 amide bonds. The average molecular weight is 1250 g/mol. The number of hydrogen-bond acceptors (Lipinski definition) is 15. The lowest BCUT2D eigenvalue weighted by Gasteiger charge is -2.29. The van der Waals surface area contributed by atoms with Crippen molar-refractivity contribution in [3.05, 3.63) is 48.0 Å². The van der Waals surface area contributed by atoms with Gasteiger partial charge in [-0.3, -0.25) is 52.9 Å². The summed E-state index contributed by atoms with van der Waals surface area (Å²) in [6, 6.07) is 1.49. The van der Waals surface area contributed by atoms with E-state index in [2.05, 4.69) is 52.8 Å². The molecule has 11 atom stereocenters. The summed E-state index contributed by atoms with van der Waals surface area (Å²) in [5.41, 5.74) is 34.7. The maximum Gasteiger partial charge on any atom is 0.245 e. The monoisotopic (exact) mass is 1250 g/mol. The lowest BCUT2D eigenvalue weighted by molar-refractivity contribution is -0.137. The van der Waals surface area contributed by atoms with Crippen LogP contribution in [0.5, 0.6) is 0 Å². The van der Waals surface area contributed by atoms with Crippen molar-refractivity contribution >= 4 is 75.8 Å². The molecular weight excluding hydrogens is 1140 g/mol. The quantitative estimate of drug-likeness (QED) is 0.0225. The van der Waals surface area contributed by atoms with Crippen molar-refractivity contribution in [3.63, 3.8) is 0 Å². The fourth-order valence-electron chi connectivity index (χ4n) is 9.84. The number of carbonyl (C=O) groups is 10. The summed E-state index contributed by atoms with van der Waals surface area (Å²) in [4.78, 5) is 143. The average Bonchev–Trinajstić information content (AvgIpc) is 2.41. The smallest absolute Gasteiger partial charge is 0.245 e. The topological polar surface area (TPSA) is 468 Å². The van der Waals surface area contributed by atoms with E-state index in [0.29, 0.717) is 37.7 Å². The predicted octanol–water partition coefficient (Wildman–Crippen LogP) is -0.544. The molecule has 27 heteroatoms. The van der Waals surface area contributed by atoms with E-state index in [0.717, 1.165) is 10.8 Å². The van der Waals surface area contributed by atoms with Crippen LogP contribution in [0.4, 0.5) is 0 Å². The van der Waals surface area contributed by atoms with Crippen LogP contribution >= 0.6 is 0 Å². The summed E-state index contributed by atoms with van der Waals surface area (Å²) in [6.45, 7) is 16.3. The van der Waals surface area contributed by atoms with Crippen LogP contribution < -0.4 is 82.3 Å². The highest BCUT2D eigenvalue weighted by Crippen LogP contribution is 2.19. The van der Waals surface area contributed by atoms with Crippen LogP contribution in [0.3, 0.4) is 0 Å². The van der Waals surface area contributed by atoms with E-state index in [9.17, 15) is 53.1 Å². The van der Waals surface area contributed by atoms with Crippen LogP contribution in [-0.2, 0) is 54.4 Å². The minimum atomic E-state index is -1.69. The van der Waals surface area contributed by atoms with Crippen LogP contribution in [0, 0.1) is 23.7 Å². The molecule has 0 aliphatic heterocycles. The number of aliphatic imine (C=N–C) groups is 1. The molecule has 0 saturated carbocycles. The minimum absolute atomic E-state index is 0.00388. The number of fused-ring (bicyclic) bond motifs is 1. The zero-order valence-corrected chi connectivity index (χ0v) is 53.8. The Bertz CT molecular complexity index is 2630. The Hall–Kier alpha value is -7.49. The number of hydrogen-bond donors (Lipinski definition) is 16. The van der Waals surface area contributed by atoms with Crippen molar-refractivity contribution in [3.8, 4) is 0 Å². The second kappa shape index (κ2) is 40.9. The van der Waals surface area contributed by atoms with Gasteiger partial charge >= 0.3 is 0 Å². The molecule has 22 N–H and O–H groups in total. The van der Waals surface area contributed by atoms with Gasteiger partial charge in [-0.15, -0.1) is 0 Å². The molecule has 0 spiro atoms. The van der Waals surface area contributed by atoms with Gasteiger partial charge < -0.3 is 87.4 Å². The molecule has 2 aromatic rings. The number of unbranched alkanes of at least 4 members (excludes halogenated alkanes) is 2. The highest BCUT2D eigenvalue weighted by atomic mass is 16.3. The van der Waals surface area contributed by atoms with Gasteiger partial charge in [0.05, 0.1) is 12.6 Å². The largest absolute Gasteiger partial charge is 0.391 e. The van der Waals surface area contributed by atoms with Gasteiger partial charge in [-0.1, -0.05) is 104 Å². The fraction of sp³-hybridized carbons (Fsp3) is 0.661. The molecule has 500 valence electrons. The lowest BCUT2D eigenvalue weighted by Crippen LogP contribution is -2.62. The number of benzene rings is 2. The SMILES string of the molecule is CC[C@H](C)C[C@H](NC(=O)[C@H](CCCN=C(N)N)NC(=O)[C@H](CCCCN)NC(=O)[C@H](CC(C)C)NC(=O)[C@H](CC(C)C)NC(=O)CN)C(=O)N[C@@H](CCCCN)C(=O)N[C@H](C(=O)N[C@@H](Cc1ccc2ccccc2c1)C(=O)N[C@@H](CC(C)C)C(N)=O)[C@@H](C)O. The van der Waals surface area contributed by atoms with Crippen LogP contribution in [0.1, 0.15) is 151 Å². The summed E-state index contributed by atoms with van der Waals surface area (Å²) < 4.78 is 0. The molecule has 2 rings (SSSR count). The normalized spacial score (nSPS) is 15.1. The van der Waals surface area contributed by atoms with Crippen LogP contribution in [0.25, 0.3) is 10.8 Å². The number of rotatable bonds is 43. The van der Waals surface area contributed by atoms with Gasteiger partial charge in [0.25, 0.3) is 0 Å². The highest BCUT2D eigenvalue weighted by Gasteiger charge is 2.37. The summed E-state index contributed by atoms with van der Waals surface area (Å²) in [5.74, 6) is -8.18. The van der Waals surface area contributed by atoms with Gasteiger partial charge in [0.1, 0.15) is 54.4 Å². The molecule has 2 aromatic carbocycles. The molecule has 0 bridgehead atoms. The van der Waals surface area contributed by atoms with Gasteiger partial charge in [-0.2, -0.15) is 0 Å². The zero-order chi connectivity index (χ0) is 66.9. The Morgan fingerprint density at radius 2 is 0.865 bits per heavy atom. The summed E-state index contributed by atoms with van der Waals surface area (Å²) in [7, 11) is 0. The van der Waals surface area contributed by atoms with Crippen molar-refractivity contribution in [1.29, 1.82) is 0 Å². The van der Waals surface area contributed by atoms with E-state index >= 15 is 0 Å². The first kappa shape index (κ1) is 77.6. The van der Waals surface area contributed by atoms with Gasteiger partial charge in [-0.05, 0) is 137 Å². The second-order valence-corrected chi connectivity index (χ2v) is 24.4. The third-order valence-corrected chi connectivity index (χ3v) is 14.9. The molecule has 0 fully saturated rings. The Morgan fingerprint density at radius 1 is 0.461 bits per heavy atom. The number of amides is 10. The maximum atomic E-state index is 14.7. The van der Waals surface area contributed by atoms with Gasteiger partial charge in [-0.25, -0.2) is 0 Å². The number of nitrogens with two attached hydrogens (primary N) is 6. The summed E-state index contributed by atoms with van der Waals surface area (Å²) >= 11 is 0. The minimum Gasteiger partial charge on any atom is -0.391 e. The van der Waals surface area contributed by atoms with Crippen molar-refractivity contribution in [2.75, 3.05) is 26.2 Å². The number of nitrogens with one attached hydrogen (secondary N) is 9. The number of carbonyl (C=O) groups excluding carboxylic acids is 10. The van der Waals surface area contributed by atoms with Gasteiger partial charge in [0, 0.05) is 13.0 Å². The van der Waals surface area contributed by atoms with Crippen molar-refractivity contribution < 1.29 is 53.1 Å². The Kier molecular flexibility index (Phi) is 35.7. The molecular formula is C62H106N16O11. The molecule has 0 aromatic heterocycles. The molecule has 0 unspecified atom stereocenters. The van der Waals surface area contributed by atoms with Gasteiger partial charge in [0.2, 0.25) is 59.1 Å². The number of primary amides is 1. The van der Waals surface area contributed by atoms with E-state index in [4.69, 9.17) is 34.4 Å². The molecule has 27 nitrogen and oxygen atoms in total. The van der Waals surface area contributed by atoms with E-state index in [1.807, 2.05) is 91.8 Å². The third-order valence-electron chi connectivity index (χ3n) is 14.9. The second-order valence-electron chi connectivity index (χ2n) is 24.4. The van der Waals surface area contributed by atoms with E-state index in [1.54, 1.807) is 6.07 Å². The van der Waals surface area contributed by atoms with Crippen molar-refractivity contribution in [2.45, 2.75) is 213 Å². The third kappa shape index (κ3) is 29.6. The fourth-order valence-corrected chi connectivity index (χ4v) is 9.84. The van der Waals surface area contributed by atoms with E-state index in [-0.39, 0.29) is 114 Å². The maximum absolute atomic E-state index is 14.7. The Balaban J connectivity index is 2.57. The first-order valence-electron chi connectivity index (χ1n) is 31.4. The van der Waals surface area contributed by atoms with Crippen LogP contribution in [-0.4, -0.2) is 157 Å². The number of guanidine groups is 1. The number of aliphatic hydroxyl groups is 1. The summed E-state index contributed by atoms with van der Waals surface area (Å²) in [5, 5.41) is 37.3. The van der Waals surface area contributed by atoms with E-state index < -0.39 is 120 Å². The zero-order valence-electron chi connectivity index (χ0n) is 53.8. The molecule has 0 heterocycles.